The van der Waals surface area contributed by atoms with E-state index in [0.29, 0.717) is 19.6 Å². The molecule has 0 rings (SSSR count). The van der Waals surface area contributed by atoms with Crippen LogP contribution in [0.1, 0.15) is 258 Å². The molecule has 1 atom stereocenters. The van der Waals surface area contributed by atoms with Crippen molar-refractivity contribution in [3.05, 3.63) is 0 Å². The van der Waals surface area contributed by atoms with Gasteiger partial charge in [0.15, 0.2) is 0 Å². The van der Waals surface area contributed by atoms with Gasteiger partial charge in [0.1, 0.15) is 6.10 Å². The Labute approximate surface area is 308 Å². The first-order valence-corrected chi connectivity index (χ1v) is 22.6. The maximum atomic E-state index is 12.2. The first kappa shape index (κ1) is 48.4. The summed E-state index contributed by atoms with van der Waals surface area (Å²) in [5.41, 5.74) is 0. The highest BCUT2D eigenvalue weighted by Crippen LogP contribution is 2.16. The molecule has 0 fully saturated rings. The number of hydrogen-bond donors (Lipinski definition) is 1. The molecule has 0 saturated carbocycles. The standard InChI is InChI=1S/C45H90O4/c1-3-5-7-9-11-13-15-17-19-21-22-23-24-25-27-29-31-33-35-37-39-41-48-43-44(42-46)49-45(47)40-38-36-34-32-30-28-26-20-18-16-14-12-10-8-6-4-2/h44,46H,3-43H2,1-2H3. The molecule has 0 aromatic rings. The lowest BCUT2D eigenvalue weighted by Gasteiger charge is -2.16. The molecule has 1 N–H and O–H groups in total. The van der Waals surface area contributed by atoms with Crippen LogP contribution in [-0.4, -0.2) is 37.0 Å². The number of esters is 1. The summed E-state index contributed by atoms with van der Waals surface area (Å²) in [4.78, 5) is 12.2. The van der Waals surface area contributed by atoms with E-state index in [0.717, 1.165) is 19.3 Å². The van der Waals surface area contributed by atoms with Crippen LogP contribution in [0.4, 0.5) is 0 Å². The van der Waals surface area contributed by atoms with Crippen molar-refractivity contribution >= 4 is 5.97 Å². The minimum Gasteiger partial charge on any atom is -0.457 e. The molecule has 49 heavy (non-hydrogen) atoms. The molecule has 0 aliphatic heterocycles. The van der Waals surface area contributed by atoms with E-state index >= 15 is 0 Å². The Balaban J connectivity index is 3.33. The fraction of sp³-hybridized carbons (Fsp3) is 0.978. The van der Waals surface area contributed by atoms with Gasteiger partial charge in [0.25, 0.3) is 0 Å². The molecule has 0 radical (unpaired) electrons. The monoisotopic (exact) mass is 695 g/mol. The molecule has 0 aliphatic carbocycles. The van der Waals surface area contributed by atoms with Crippen LogP contribution >= 0.6 is 0 Å². The number of carbonyl (C=O) groups is 1. The lowest BCUT2D eigenvalue weighted by atomic mass is 10.0. The molecule has 0 aliphatic rings. The van der Waals surface area contributed by atoms with Gasteiger partial charge in [-0.05, 0) is 12.8 Å². The predicted molar refractivity (Wildman–Crippen MR) is 215 cm³/mol. The van der Waals surface area contributed by atoms with E-state index in [1.807, 2.05) is 0 Å². The van der Waals surface area contributed by atoms with E-state index in [-0.39, 0.29) is 12.6 Å². The van der Waals surface area contributed by atoms with E-state index in [1.165, 1.54) is 218 Å². The van der Waals surface area contributed by atoms with Crippen LogP contribution in [0.3, 0.4) is 0 Å². The lowest BCUT2D eigenvalue weighted by molar-refractivity contribution is -0.154. The van der Waals surface area contributed by atoms with Gasteiger partial charge >= 0.3 is 5.97 Å². The third-order valence-corrected chi connectivity index (χ3v) is 10.4. The van der Waals surface area contributed by atoms with Crippen molar-refractivity contribution in [1.82, 2.24) is 0 Å². The number of carbonyl (C=O) groups excluding carboxylic acids is 1. The van der Waals surface area contributed by atoms with Crippen LogP contribution in [0.25, 0.3) is 0 Å². The molecule has 4 heteroatoms. The molecule has 0 spiro atoms. The second-order valence-corrected chi connectivity index (χ2v) is 15.5. The first-order valence-electron chi connectivity index (χ1n) is 22.6. The summed E-state index contributed by atoms with van der Waals surface area (Å²) in [6.07, 6.45) is 50.3. The molecule has 0 saturated heterocycles. The summed E-state index contributed by atoms with van der Waals surface area (Å²) >= 11 is 0. The van der Waals surface area contributed by atoms with Crippen LogP contribution in [0, 0.1) is 0 Å². The fourth-order valence-electron chi connectivity index (χ4n) is 7.04. The second kappa shape index (κ2) is 43.6. The van der Waals surface area contributed by atoms with Gasteiger partial charge in [0.05, 0.1) is 13.2 Å². The molecule has 4 nitrogen and oxygen atoms in total. The van der Waals surface area contributed by atoms with Crippen molar-refractivity contribution < 1.29 is 19.4 Å². The minimum absolute atomic E-state index is 0.163. The van der Waals surface area contributed by atoms with Gasteiger partial charge in [0.2, 0.25) is 0 Å². The van der Waals surface area contributed by atoms with Crippen LogP contribution in [0.15, 0.2) is 0 Å². The summed E-state index contributed by atoms with van der Waals surface area (Å²) in [7, 11) is 0. The third-order valence-electron chi connectivity index (χ3n) is 10.4. The Bertz CT molecular complexity index is 609. The average molecular weight is 695 g/mol. The van der Waals surface area contributed by atoms with E-state index in [2.05, 4.69) is 13.8 Å². The van der Waals surface area contributed by atoms with Crippen molar-refractivity contribution in [2.75, 3.05) is 19.8 Å². The maximum Gasteiger partial charge on any atom is 0.306 e. The van der Waals surface area contributed by atoms with Crippen LogP contribution < -0.4 is 0 Å². The van der Waals surface area contributed by atoms with E-state index in [9.17, 15) is 9.90 Å². The molecular formula is C45H90O4. The summed E-state index contributed by atoms with van der Waals surface area (Å²) in [6.45, 7) is 5.41. The number of unbranched alkanes of at least 4 members (excludes halogenated alkanes) is 35. The van der Waals surface area contributed by atoms with Gasteiger partial charge in [0, 0.05) is 13.0 Å². The second-order valence-electron chi connectivity index (χ2n) is 15.5. The Morgan fingerprint density at radius 1 is 0.408 bits per heavy atom. The topological polar surface area (TPSA) is 55.8 Å². The zero-order valence-corrected chi connectivity index (χ0v) is 33.7. The highest BCUT2D eigenvalue weighted by molar-refractivity contribution is 5.69. The predicted octanol–water partition coefficient (Wildman–Crippen LogP) is 14.8. The molecule has 0 heterocycles. The molecule has 1 unspecified atom stereocenters. The summed E-state index contributed by atoms with van der Waals surface area (Å²) < 4.78 is 11.2. The van der Waals surface area contributed by atoms with Gasteiger partial charge in [-0.3, -0.25) is 4.79 Å². The van der Waals surface area contributed by atoms with Gasteiger partial charge in [-0.15, -0.1) is 0 Å². The Morgan fingerprint density at radius 2 is 0.673 bits per heavy atom. The summed E-state index contributed by atoms with van der Waals surface area (Å²) in [5.74, 6) is -0.193. The normalized spacial score (nSPS) is 12.1. The number of aliphatic hydroxyl groups is 1. The fourth-order valence-corrected chi connectivity index (χ4v) is 7.04. The van der Waals surface area contributed by atoms with Crippen LogP contribution in [0.2, 0.25) is 0 Å². The Kier molecular flexibility index (Phi) is 43.0. The molecular weight excluding hydrogens is 604 g/mol. The highest BCUT2D eigenvalue weighted by Gasteiger charge is 2.13. The van der Waals surface area contributed by atoms with Crippen molar-refractivity contribution in [3.63, 3.8) is 0 Å². The zero-order chi connectivity index (χ0) is 35.6. The highest BCUT2D eigenvalue weighted by atomic mass is 16.6. The number of ether oxygens (including phenoxy) is 2. The molecule has 294 valence electrons. The molecule has 0 bridgehead atoms. The van der Waals surface area contributed by atoms with Gasteiger partial charge in [-0.25, -0.2) is 0 Å². The Morgan fingerprint density at radius 3 is 0.959 bits per heavy atom. The quantitative estimate of drug-likeness (QED) is 0.0510. The molecule has 0 amide bonds. The zero-order valence-electron chi connectivity index (χ0n) is 33.7. The van der Waals surface area contributed by atoms with E-state index in [4.69, 9.17) is 9.47 Å². The third kappa shape index (κ3) is 41.7. The SMILES string of the molecule is CCCCCCCCCCCCCCCCCCCCCCCOCC(CO)OC(=O)CCCCCCCCCCCCCCCCCC. The van der Waals surface area contributed by atoms with Crippen molar-refractivity contribution in [3.8, 4) is 0 Å². The lowest BCUT2D eigenvalue weighted by Crippen LogP contribution is -2.27. The number of hydrogen-bond acceptors (Lipinski definition) is 4. The number of aliphatic hydroxyl groups excluding tert-OH is 1. The minimum atomic E-state index is -0.525. The van der Waals surface area contributed by atoms with Crippen LogP contribution in [-0.2, 0) is 14.3 Å². The van der Waals surface area contributed by atoms with E-state index in [1.54, 1.807) is 0 Å². The maximum absolute atomic E-state index is 12.2. The van der Waals surface area contributed by atoms with Gasteiger partial charge in [-0.1, -0.05) is 239 Å². The van der Waals surface area contributed by atoms with Gasteiger partial charge in [-0.2, -0.15) is 0 Å². The number of rotatable bonds is 43. The van der Waals surface area contributed by atoms with Crippen molar-refractivity contribution in [2.45, 2.75) is 264 Å². The van der Waals surface area contributed by atoms with E-state index < -0.39 is 6.10 Å². The van der Waals surface area contributed by atoms with Crippen molar-refractivity contribution in [1.29, 1.82) is 0 Å². The first-order chi connectivity index (χ1) is 24.2. The molecule has 0 aromatic carbocycles. The van der Waals surface area contributed by atoms with Crippen molar-refractivity contribution in [2.24, 2.45) is 0 Å². The smallest absolute Gasteiger partial charge is 0.306 e. The molecule has 0 aromatic heterocycles. The summed E-state index contributed by atoms with van der Waals surface area (Å²) in [6, 6.07) is 0. The average Bonchev–Trinajstić information content (AvgIpc) is 3.11. The largest absolute Gasteiger partial charge is 0.457 e. The van der Waals surface area contributed by atoms with Crippen LogP contribution in [0.5, 0.6) is 0 Å². The van der Waals surface area contributed by atoms with Gasteiger partial charge < -0.3 is 14.6 Å². The Hall–Kier alpha value is -0.610. The summed E-state index contributed by atoms with van der Waals surface area (Å²) in [5, 5.41) is 9.61.